The first kappa shape index (κ1) is 31.3. The van der Waals surface area contributed by atoms with Gasteiger partial charge in [0.25, 0.3) is 5.96 Å². The number of nitrogens with one attached hydrogen (secondary N) is 2. The number of ether oxygens (including phenoxy) is 1. The third kappa shape index (κ3) is 7.49. The van der Waals surface area contributed by atoms with Gasteiger partial charge in [0.05, 0.1) is 24.3 Å². The standard InChI is InChI=1S/C26H46BN5O7/c1-16(2)12-22(27-38-21-15-18-14-20(25(18,3)4)26(21,5)39-27)30-23(34)17(13-19(33)9-11-37-6)8-7-10-29-24(28)31-32(35)36/h16-18,20-22H,7-15H2,1-6H3,(H,30,34)(H3,28,29,31)/t17-,18-,20-,21-,22+,26+/m1/s1. The Kier molecular flexibility index (Phi) is 10.4. The van der Waals surface area contributed by atoms with Gasteiger partial charge < -0.3 is 25.1 Å². The number of Topliss-reactive ketones (excluding diaryl/α,β-unsaturated/α-hetero) is 1. The maximum Gasteiger partial charge on any atom is 0.481 e. The molecule has 12 nitrogen and oxygen atoms in total. The van der Waals surface area contributed by atoms with Crippen LogP contribution in [0.2, 0.25) is 0 Å². The van der Waals surface area contributed by atoms with E-state index in [9.17, 15) is 19.7 Å². The Hall–Kier alpha value is -2.25. The fraction of sp³-hybridized carbons (Fsp3) is 0.885. The maximum absolute atomic E-state index is 13.6. The van der Waals surface area contributed by atoms with Crippen molar-refractivity contribution in [1.29, 1.82) is 0 Å². The van der Waals surface area contributed by atoms with Gasteiger partial charge in [0, 0.05) is 32.4 Å². The van der Waals surface area contributed by atoms with E-state index in [0.29, 0.717) is 37.7 Å². The van der Waals surface area contributed by atoms with E-state index >= 15 is 0 Å². The highest BCUT2D eigenvalue weighted by Gasteiger charge is 2.68. The minimum absolute atomic E-state index is 0.00773. The summed E-state index contributed by atoms with van der Waals surface area (Å²) in [5.74, 6) is -0.214. The Labute approximate surface area is 231 Å². The topological polar surface area (TPSA) is 167 Å². The maximum atomic E-state index is 13.6. The van der Waals surface area contributed by atoms with Crippen molar-refractivity contribution in [3.8, 4) is 0 Å². The molecule has 2 bridgehead atoms. The van der Waals surface area contributed by atoms with E-state index in [1.807, 2.05) is 0 Å². The molecule has 0 aromatic rings. The number of nitrogens with two attached hydrogens (primary N) is 1. The van der Waals surface area contributed by atoms with E-state index < -0.39 is 18.1 Å². The molecule has 6 atom stereocenters. The first-order chi connectivity index (χ1) is 18.3. The summed E-state index contributed by atoms with van der Waals surface area (Å²) in [5.41, 5.74) is 7.11. The molecule has 1 amide bonds. The van der Waals surface area contributed by atoms with Gasteiger partial charge in [-0.15, -0.1) is 0 Å². The average molecular weight is 551 g/mol. The van der Waals surface area contributed by atoms with Gasteiger partial charge in [0.1, 0.15) is 5.78 Å². The molecule has 3 aliphatic carbocycles. The smallest absolute Gasteiger partial charge is 0.404 e. The zero-order valence-electron chi connectivity index (χ0n) is 24.2. The van der Waals surface area contributed by atoms with Crippen molar-refractivity contribution < 1.29 is 28.7 Å². The van der Waals surface area contributed by atoms with Gasteiger partial charge >= 0.3 is 7.12 Å². The van der Waals surface area contributed by atoms with Crippen LogP contribution in [-0.2, 0) is 23.6 Å². The fourth-order valence-electron chi connectivity index (χ4n) is 6.70. The molecule has 4 aliphatic rings. The van der Waals surface area contributed by atoms with Crippen LogP contribution in [0.3, 0.4) is 0 Å². The number of nitro groups is 1. The number of ketones is 1. The monoisotopic (exact) mass is 551 g/mol. The van der Waals surface area contributed by atoms with E-state index in [2.05, 4.69) is 44.9 Å². The van der Waals surface area contributed by atoms with E-state index in [1.54, 1.807) is 5.43 Å². The van der Waals surface area contributed by atoms with E-state index in [0.717, 1.165) is 12.8 Å². The molecule has 39 heavy (non-hydrogen) atoms. The van der Waals surface area contributed by atoms with Crippen LogP contribution in [0.25, 0.3) is 0 Å². The molecule has 4 rings (SSSR count). The highest BCUT2D eigenvalue weighted by Crippen LogP contribution is 2.65. The number of hydrogen-bond acceptors (Lipinski definition) is 8. The zero-order valence-corrected chi connectivity index (χ0v) is 24.2. The summed E-state index contributed by atoms with van der Waals surface area (Å²) < 4.78 is 18.2. The predicted molar refractivity (Wildman–Crippen MR) is 147 cm³/mol. The van der Waals surface area contributed by atoms with Crippen molar-refractivity contribution in [3.05, 3.63) is 10.1 Å². The van der Waals surface area contributed by atoms with Crippen LogP contribution < -0.4 is 16.5 Å². The van der Waals surface area contributed by atoms with Crippen molar-refractivity contribution in [2.45, 2.75) is 97.2 Å². The summed E-state index contributed by atoms with van der Waals surface area (Å²) in [6, 6.07) is 0. The summed E-state index contributed by atoms with van der Waals surface area (Å²) >= 11 is 0. The molecular weight excluding hydrogens is 505 g/mol. The molecule has 3 saturated carbocycles. The number of hydrazine groups is 1. The molecule has 0 aromatic heterocycles. The number of carbonyl (C=O) groups is 2. The minimum atomic E-state index is -0.785. The molecule has 0 radical (unpaired) electrons. The second kappa shape index (κ2) is 12.9. The van der Waals surface area contributed by atoms with Crippen molar-refractivity contribution >= 4 is 24.8 Å². The number of hydrogen-bond donors (Lipinski definition) is 3. The van der Waals surface area contributed by atoms with Crippen LogP contribution in [0.5, 0.6) is 0 Å². The molecule has 0 aromatic carbocycles. The fourth-order valence-corrected chi connectivity index (χ4v) is 6.70. The van der Waals surface area contributed by atoms with Gasteiger partial charge in [-0.2, -0.15) is 0 Å². The second-order valence-electron chi connectivity index (χ2n) is 12.5. The van der Waals surface area contributed by atoms with Crippen LogP contribution in [0.15, 0.2) is 4.99 Å². The lowest BCUT2D eigenvalue weighted by molar-refractivity contribution is -0.525. The van der Waals surface area contributed by atoms with Crippen molar-refractivity contribution in [2.75, 3.05) is 20.3 Å². The first-order valence-electron chi connectivity index (χ1n) is 14.1. The summed E-state index contributed by atoms with van der Waals surface area (Å²) in [5, 5.41) is 12.9. The van der Waals surface area contributed by atoms with E-state index in [1.165, 1.54) is 7.11 Å². The third-order valence-corrected chi connectivity index (χ3v) is 8.98. The van der Waals surface area contributed by atoms with Gasteiger partial charge in [-0.25, -0.2) is 15.1 Å². The Bertz CT molecular complexity index is 932. The first-order valence-corrected chi connectivity index (χ1v) is 14.1. The normalized spacial score (nSPS) is 28.8. The largest absolute Gasteiger partial charge is 0.481 e. The van der Waals surface area contributed by atoms with Crippen molar-refractivity contribution in [1.82, 2.24) is 10.7 Å². The molecule has 1 aliphatic heterocycles. The predicted octanol–water partition coefficient (Wildman–Crippen LogP) is 2.27. The summed E-state index contributed by atoms with van der Waals surface area (Å²) in [6.07, 6.45) is 3.89. The quantitative estimate of drug-likeness (QED) is 0.0691. The number of rotatable bonds is 15. The number of aliphatic imine (C=N–C) groups is 1. The molecule has 1 heterocycles. The molecule has 4 N–H and O–H groups in total. The van der Waals surface area contributed by atoms with Gasteiger partial charge in [-0.1, -0.05) is 33.1 Å². The lowest BCUT2D eigenvalue weighted by atomic mass is 9.43. The lowest BCUT2D eigenvalue weighted by Crippen LogP contribution is -2.65. The average Bonchev–Trinajstić information content (AvgIpc) is 3.20. The van der Waals surface area contributed by atoms with Crippen LogP contribution in [0.1, 0.15) is 79.6 Å². The summed E-state index contributed by atoms with van der Waals surface area (Å²) in [4.78, 5) is 40.6. The Balaban J connectivity index is 1.68. The second-order valence-corrected chi connectivity index (χ2v) is 12.5. The summed E-state index contributed by atoms with van der Waals surface area (Å²) in [6.45, 7) is 11.4. The van der Waals surface area contributed by atoms with Crippen molar-refractivity contribution in [3.63, 3.8) is 0 Å². The summed E-state index contributed by atoms with van der Waals surface area (Å²) in [7, 11) is 0.976. The number of methoxy groups -OCH3 is 1. The molecule has 1 saturated heterocycles. The molecular formula is C26H46BN5O7. The minimum Gasteiger partial charge on any atom is -0.404 e. The Morgan fingerprint density at radius 3 is 2.62 bits per heavy atom. The van der Waals surface area contributed by atoms with Gasteiger partial charge in [-0.05, 0) is 62.2 Å². The Morgan fingerprint density at radius 2 is 2.00 bits per heavy atom. The van der Waals surface area contributed by atoms with Crippen LogP contribution in [0, 0.1) is 39.2 Å². The number of amides is 1. The Morgan fingerprint density at radius 1 is 1.28 bits per heavy atom. The van der Waals surface area contributed by atoms with E-state index in [-0.39, 0.29) is 66.0 Å². The van der Waals surface area contributed by atoms with Crippen LogP contribution >= 0.6 is 0 Å². The zero-order chi connectivity index (χ0) is 29.0. The highest BCUT2D eigenvalue weighted by atomic mass is 16.7. The lowest BCUT2D eigenvalue weighted by Gasteiger charge is -2.64. The molecule has 4 fully saturated rings. The van der Waals surface area contributed by atoms with Gasteiger partial charge in [0.2, 0.25) is 5.91 Å². The number of guanidine groups is 1. The van der Waals surface area contributed by atoms with Crippen molar-refractivity contribution in [2.24, 2.45) is 39.8 Å². The van der Waals surface area contributed by atoms with Crippen LogP contribution in [-0.4, -0.2) is 67.7 Å². The SMILES string of the molecule is COCCC(=O)C[C@@H](CCCN=C(N)N[N+](=O)[O-])C(=O)N[C@@H](CC(C)C)B1O[C@@H]2C[C@H]3C[C@H](C3(C)C)[C@]2(C)O1. The molecule has 220 valence electrons. The number of nitrogens with zero attached hydrogens (tertiary/aromatic N) is 2. The molecule has 0 unspecified atom stereocenters. The third-order valence-electron chi connectivity index (χ3n) is 8.98. The van der Waals surface area contributed by atoms with Gasteiger partial charge in [-0.3, -0.25) is 9.59 Å². The van der Waals surface area contributed by atoms with Gasteiger partial charge in [0.15, 0.2) is 5.03 Å². The molecule has 0 spiro atoms. The highest BCUT2D eigenvalue weighted by molar-refractivity contribution is 6.47. The van der Waals surface area contributed by atoms with E-state index in [4.69, 9.17) is 19.8 Å². The number of carbonyl (C=O) groups excluding carboxylic acids is 2. The molecule has 13 heteroatoms. The van der Waals surface area contributed by atoms with Crippen LogP contribution in [0.4, 0.5) is 0 Å².